The van der Waals surface area contributed by atoms with Crippen LogP contribution in [0.25, 0.3) is 6.08 Å². The van der Waals surface area contributed by atoms with E-state index >= 15 is 0 Å². The molecule has 4 unspecified atom stereocenters. The van der Waals surface area contributed by atoms with Crippen molar-refractivity contribution >= 4 is 29.7 Å². The van der Waals surface area contributed by atoms with Gasteiger partial charge in [-0.15, -0.1) is 11.8 Å². The van der Waals surface area contributed by atoms with Gasteiger partial charge in [0.05, 0.1) is 4.91 Å². The maximum Gasteiger partial charge on any atom is 0.257 e. The molecule has 1 heterocycles. The largest absolute Gasteiger partial charge is 0.353 e. The third-order valence-electron chi connectivity index (χ3n) is 6.41. The Morgan fingerprint density at radius 2 is 2.00 bits per heavy atom. The molecule has 2 fully saturated rings. The fraction of sp³-hybridized carbons (Fsp3) is 0.407. The highest BCUT2D eigenvalue weighted by atomic mass is 32.2. The Hall–Kier alpha value is -2.53. The minimum atomic E-state index is -0.0290. The van der Waals surface area contributed by atoms with Crippen LogP contribution in [0.2, 0.25) is 0 Å². The van der Waals surface area contributed by atoms with E-state index in [-0.39, 0.29) is 29.8 Å². The predicted octanol–water partition coefficient (Wildman–Crippen LogP) is 4.87. The van der Waals surface area contributed by atoms with E-state index in [0.29, 0.717) is 5.25 Å². The van der Waals surface area contributed by atoms with Crippen molar-refractivity contribution in [3.05, 3.63) is 76.2 Å². The molecule has 0 radical (unpaired) electrons. The molecule has 1 aliphatic heterocycles. The van der Waals surface area contributed by atoms with Crippen LogP contribution in [0, 0.1) is 12.8 Å². The first-order chi connectivity index (χ1) is 15.5. The van der Waals surface area contributed by atoms with Gasteiger partial charge < -0.3 is 10.6 Å². The van der Waals surface area contributed by atoms with E-state index in [1.54, 1.807) is 11.8 Å². The fourth-order valence-electron chi connectivity index (χ4n) is 4.60. The summed E-state index contributed by atoms with van der Waals surface area (Å²) in [7, 11) is 0. The lowest BCUT2D eigenvalue weighted by atomic mass is 9.84. The normalized spacial score (nSPS) is 25.0. The SMILES string of the molecule is Cc1cccc(/C=C2/SC3CCC(C(=O)NC(C)CCc4ccccc4)CC3NC2=O)c1. The number of aryl methyl sites for hydroxylation is 2. The number of nitrogens with one attached hydrogen (secondary N) is 2. The Bertz CT molecular complexity index is 988. The molecule has 2 aromatic carbocycles. The molecule has 5 heteroatoms. The summed E-state index contributed by atoms with van der Waals surface area (Å²) in [4.78, 5) is 26.4. The Kier molecular flexibility index (Phi) is 7.36. The van der Waals surface area contributed by atoms with Crippen LogP contribution in [0.5, 0.6) is 0 Å². The molecule has 0 bridgehead atoms. The first-order valence-electron chi connectivity index (χ1n) is 11.6. The minimum absolute atomic E-state index is 0.0185. The maximum atomic E-state index is 12.9. The average Bonchev–Trinajstić information content (AvgIpc) is 2.78. The molecular formula is C27H32N2O2S. The highest BCUT2D eigenvalue weighted by Crippen LogP contribution is 2.40. The second-order valence-corrected chi connectivity index (χ2v) is 10.4. The summed E-state index contributed by atoms with van der Waals surface area (Å²) < 4.78 is 0. The third-order valence-corrected chi connectivity index (χ3v) is 7.84. The van der Waals surface area contributed by atoms with Gasteiger partial charge in [-0.25, -0.2) is 0 Å². The molecule has 1 saturated heterocycles. The van der Waals surface area contributed by atoms with Crippen LogP contribution in [0.3, 0.4) is 0 Å². The summed E-state index contributed by atoms with van der Waals surface area (Å²) in [6, 6.07) is 18.8. The van der Waals surface area contributed by atoms with Crippen LogP contribution < -0.4 is 10.6 Å². The lowest BCUT2D eigenvalue weighted by molar-refractivity contribution is -0.127. The summed E-state index contributed by atoms with van der Waals surface area (Å²) in [6.07, 6.45) is 6.40. The van der Waals surface area contributed by atoms with Gasteiger partial charge in [0.1, 0.15) is 0 Å². The van der Waals surface area contributed by atoms with Gasteiger partial charge in [0.2, 0.25) is 5.91 Å². The molecule has 0 aromatic heterocycles. The van der Waals surface area contributed by atoms with Crippen LogP contribution >= 0.6 is 11.8 Å². The Morgan fingerprint density at radius 3 is 2.78 bits per heavy atom. The molecule has 2 amide bonds. The second kappa shape index (κ2) is 10.4. The zero-order valence-electron chi connectivity index (χ0n) is 18.8. The quantitative estimate of drug-likeness (QED) is 0.620. The van der Waals surface area contributed by atoms with Gasteiger partial charge in [0.25, 0.3) is 5.91 Å². The smallest absolute Gasteiger partial charge is 0.257 e. The van der Waals surface area contributed by atoms with Crippen molar-refractivity contribution in [2.45, 2.75) is 63.3 Å². The van der Waals surface area contributed by atoms with E-state index in [0.717, 1.165) is 42.6 Å². The third kappa shape index (κ3) is 5.83. The number of hydrogen-bond donors (Lipinski definition) is 2. The summed E-state index contributed by atoms with van der Waals surface area (Å²) in [6.45, 7) is 4.13. The van der Waals surface area contributed by atoms with Crippen LogP contribution in [-0.4, -0.2) is 29.1 Å². The number of thioether (sulfide) groups is 1. The minimum Gasteiger partial charge on any atom is -0.353 e. The molecule has 1 aliphatic carbocycles. The van der Waals surface area contributed by atoms with Crippen molar-refractivity contribution in [1.29, 1.82) is 0 Å². The standard InChI is InChI=1S/C27H32N2O2S/c1-18-7-6-10-21(15-18)16-25-27(31)29-23-17-22(13-14-24(23)32-25)26(30)28-19(2)11-12-20-8-4-3-5-9-20/h3-10,15-16,19,22-24H,11-14,17H2,1-2H3,(H,28,30)(H,29,31)/b25-16+. The molecule has 4 nitrogen and oxygen atoms in total. The van der Waals surface area contributed by atoms with Crippen molar-refractivity contribution in [3.8, 4) is 0 Å². The van der Waals surface area contributed by atoms with E-state index in [9.17, 15) is 9.59 Å². The van der Waals surface area contributed by atoms with Crippen molar-refractivity contribution < 1.29 is 9.59 Å². The highest BCUT2D eigenvalue weighted by molar-refractivity contribution is 8.04. The molecule has 2 aromatic rings. The molecule has 32 heavy (non-hydrogen) atoms. The van der Waals surface area contributed by atoms with Gasteiger partial charge in [-0.1, -0.05) is 60.2 Å². The first-order valence-corrected chi connectivity index (χ1v) is 12.5. The Balaban J connectivity index is 1.29. The van der Waals surface area contributed by atoms with Gasteiger partial charge in [-0.3, -0.25) is 9.59 Å². The predicted molar refractivity (Wildman–Crippen MR) is 132 cm³/mol. The average molecular weight is 449 g/mol. The molecule has 1 saturated carbocycles. The summed E-state index contributed by atoms with van der Waals surface area (Å²) in [5, 5.41) is 6.72. The zero-order valence-corrected chi connectivity index (χ0v) is 19.7. The second-order valence-electron chi connectivity index (χ2n) is 9.10. The summed E-state index contributed by atoms with van der Waals surface area (Å²) >= 11 is 1.67. The molecule has 168 valence electrons. The van der Waals surface area contributed by atoms with Crippen molar-refractivity contribution in [2.75, 3.05) is 0 Å². The van der Waals surface area contributed by atoms with Crippen molar-refractivity contribution in [3.63, 3.8) is 0 Å². The number of carbonyl (C=O) groups excluding carboxylic acids is 2. The topological polar surface area (TPSA) is 58.2 Å². The highest BCUT2D eigenvalue weighted by Gasteiger charge is 2.39. The fourth-order valence-corrected chi connectivity index (χ4v) is 5.90. The Labute approximate surface area is 195 Å². The molecule has 2 N–H and O–H groups in total. The lowest BCUT2D eigenvalue weighted by Crippen LogP contribution is -2.52. The van der Waals surface area contributed by atoms with Crippen LogP contribution in [-0.2, 0) is 16.0 Å². The van der Waals surface area contributed by atoms with E-state index < -0.39 is 0 Å². The number of amides is 2. The number of hydrogen-bond acceptors (Lipinski definition) is 3. The van der Waals surface area contributed by atoms with Crippen molar-refractivity contribution in [1.82, 2.24) is 10.6 Å². The van der Waals surface area contributed by atoms with Gasteiger partial charge in [-0.2, -0.15) is 0 Å². The van der Waals surface area contributed by atoms with E-state index in [4.69, 9.17) is 0 Å². The van der Waals surface area contributed by atoms with E-state index in [2.05, 4.69) is 60.9 Å². The van der Waals surface area contributed by atoms with Crippen LogP contribution in [0.15, 0.2) is 59.5 Å². The van der Waals surface area contributed by atoms with Crippen LogP contribution in [0.4, 0.5) is 0 Å². The van der Waals surface area contributed by atoms with Crippen molar-refractivity contribution in [2.24, 2.45) is 5.92 Å². The number of rotatable bonds is 6. The van der Waals surface area contributed by atoms with Crippen LogP contribution in [0.1, 0.15) is 49.3 Å². The first kappa shape index (κ1) is 22.7. The molecule has 0 spiro atoms. The monoisotopic (exact) mass is 448 g/mol. The molecule has 4 rings (SSSR count). The maximum absolute atomic E-state index is 12.9. The van der Waals surface area contributed by atoms with E-state index in [1.165, 1.54) is 11.1 Å². The van der Waals surface area contributed by atoms with E-state index in [1.807, 2.05) is 24.3 Å². The molecular weight excluding hydrogens is 416 g/mol. The molecule has 4 atom stereocenters. The van der Waals surface area contributed by atoms with Gasteiger partial charge in [-0.05, 0) is 63.2 Å². The number of carbonyl (C=O) groups is 2. The number of fused-ring (bicyclic) bond motifs is 1. The van der Waals surface area contributed by atoms with Gasteiger partial charge in [0, 0.05) is 23.3 Å². The lowest BCUT2D eigenvalue weighted by Gasteiger charge is -2.39. The zero-order chi connectivity index (χ0) is 22.5. The summed E-state index contributed by atoms with van der Waals surface area (Å²) in [5.41, 5.74) is 3.53. The molecule has 2 aliphatic rings. The Morgan fingerprint density at radius 1 is 1.19 bits per heavy atom. The number of benzene rings is 2. The van der Waals surface area contributed by atoms with Gasteiger partial charge in [0.15, 0.2) is 0 Å². The van der Waals surface area contributed by atoms with Gasteiger partial charge >= 0.3 is 0 Å². The summed E-state index contributed by atoms with van der Waals surface area (Å²) in [5.74, 6) is 0.0815.